The zero-order chi connectivity index (χ0) is 18.1. The Kier molecular flexibility index (Phi) is 8.48. The van der Waals surface area contributed by atoms with Crippen LogP contribution in [0, 0.1) is 5.92 Å². The zero-order valence-corrected chi connectivity index (χ0v) is 16.0. The molecule has 2 aliphatic rings. The summed E-state index contributed by atoms with van der Waals surface area (Å²) in [5.74, 6) is 1.36. The topological polar surface area (TPSA) is 66.4 Å². The smallest absolute Gasteiger partial charge is 0.243 e. The van der Waals surface area contributed by atoms with Gasteiger partial charge in [-0.15, -0.1) is 0 Å². The Labute approximate surface area is 151 Å². The molecule has 25 heavy (non-hydrogen) atoms. The Balaban J connectivity index is 1.91. The molecule has 0 radical (unpaired) electrons. The summed E-state index contributed by atoms with van der Waals surface area (Å²) in [6.07, 6.45) is 4.80. The summed E-state index contributed by atoms with van der Waals surface area (Å²) >= 11 is 0. The molecule has 0 aliphatic carbocycles. The second-order valence-corrected chi connectivity index (χ2v) is 7.06. The third-order valence-electron chi connectivity index (χ3n) is 4.77. The lowest BCUT2D eigenvalue weighted by Crippen LogP contribution is -2.45. The molecule has 2 unspecified atom stereocenters. The molecule has 2 fully saturated rings. The minimum Gasteiger partial charge on any atom is -0.381 e. The van der Waals surface area contributed by atoms with E-state index < -0.39 is 0 Å². The van der Waals surface area contributed by atoms with Crippen LogP contribution in [-0.4, -0.2) is 87.9 Å². The molecule has 2 rings (SSSR count). The highest BCUT2D eigenvalue weighted by Crippen LogP contribution is 2.17. The lowest BCUT2D eigenvalue weighted by atomic mass is 10.1. The number of aliphatic imine (C=N–C) groups is 1. The molecule has 0 aromatic heterocycles. The Morgan fingerprint density at radius 2 is 2.20 bits per heavy atom. The Morgan fingerprint density at radius 3 is 2.88 bits per heavy atom. The zero-order valence-electron chi connectivity index (χ0n) is 16.0. The summed E-state index contributed by atoms with van der Waals surface area (Å²) in [6.45, 7) is 7.22. The van der Waals surface area contributed by atoms with Gasteiger partial charge in [-0.1, -0.05) is 0 Å². The van der Waals surface area contributed by atoms with Crippen molar-refractivity contribution in [3.63, 3.8) is 0 Å². The first-order valence-electron chi connectivity index (χ1n) is 9.53. The van der Waals surface area contributed by atoms with Gasteiger partial charge in [0.2, 0.25) is 5.91 Å². The van der Waals surface area contributed by atoms with Gasteiger partial charge in [0, 0.05) is 52.9 Å². The summed E-state index contributed by atoms with van der Waals surface area (Å²) < 4.78 is 11.4. The quantitative estimate of drug-likeness (QED) is 0.545. The van der Waals surface area contributed by atoms with E-state index in [1.165, 1.54) is 6.42 Å². The van der Waals surface area contributed by atoms with Crippen molar-refractivity contribution in [1.82, 2.24) is 15.1 Å². The van der Waals surface area contributed by atoms with E-state index in [9.17, 15) is 4.79 Å². The van der Waals surface area contributed by atoms with Crippen molar-refractivity contribution in [1.29, 1.82) is 0 Å². The fourth-order valence-electron chi connectivity index (χ4n) is 3.17. The number of hydrogen-bond donors (Lipinski definition) is 1. The van der Waals surface area contributed by atoms with Crippen molar-refractivity contribution in [2.45, 2.75) is 38.7 Å². The fraction of sp³-hybridized carbons (Fsp3) is 0.889. The lowest BCUT2D eigenvalue weighted by molar-refractivity contribution is -0.127. The molecule has 0 bridgehead atoms. The van der Waals surface area contributed by atoms with E-state index in [0.717, 1.165) is 64.7 Å². The van der Waals surface area contributed by atoms with Crippen LogP contribution in [0.2, 0.25) is 0 Å². The number of ether oxygens (including phenoxy) is 2. The number of rotatable bonds is 7. The molecule has 2 heterocycles. The van der Waals surface area contributed by atoms with Crippen LogP contribution in [0.3, 0.4) is 0 Å². The molecular formula is C18H34N4O3. The van der Waals surface area contributed by atoms with E-state index in [1.54, 1.807) is 19.0 Å². The minimum atomic E-state index is 0.0123. The molecule has 2 aliphatic heterocycles. The fourth-order valence-corrected chi connectivity index (χ4v) is 3.17. The molecule has 7 heteroatoms. The van der Waals surface area contributed by atoms with Gasteiger partial charge in [-0.05, 0) is 32.6 Å². The number of hydrogen-bond acceptors (Lipinski definition) is 4. The summed E-state index contributed by atoms with van der Waals surface area (Å²) in [4.78, 5) is 20.3. The molecule has 2 saturated heterocycles. The SMILES string of the molecule is CCOCC1CCN(C(=NCC(=O)N(C)C)NCC2CCCCO2)C1. The first-order chi connectivity index (χ1) is 12.1. The van der Waals surface area contributed by atoms with Crippen LogP contribution in [0.15, 0.2) is 4.99 Å². The van der Waals surface area contributed by atoms with E-state index in [1.807, 2.05) is 6.92 Å². The summed E-state index contributed by atoms with van der Waals surface area (Å²) in [5, 5.41) is 3.44. The minimum absolute atomic E-state index is 0.0123. The van der Waals surface area contributed by atoms with Gasteiger partial charge in [0.1, 0.15) is 6.54 Å². The van der Waals surface area contributed by atoms with Crippen LogP contribution in [0.25, 0.3) is 0 Å². The van der Waals surface area contributed by atoms with Crippen molar-refractivity contribution in [2.24, 2.45) is 10.9 Å². The number of guanidine groups is 1. The van der Waals surface area contributed by atoms with Crippen LogP contribution in [0.1, 0.15) is 32.6 Å². The van der Waals surface area contributed by atoms with Crippen molar-refractivity contribution >= 4 is 11.9 Å². The number of amides is 1. The molecule has 7 nitrogen and oxygen atoms in total. The van der Waals surface area contributed by atoms with Gasteiger partial charge in [-0.25, -0.2) is 4.99 Å². The molecule has 144 valence electrons. The van der Waals surface area contributed by atoms with Crippen LogP contribution >= 0.6 is 0 Å². The van der Waals surface area contributed by atoms with Gasteiger partial charge in [-0.2, -0.15) is 0 Å². The van der Waals surface area contributed by atoms with E-state index >= 15 is 0 Å². The van der Waals surface area contributed by atoms with Gasteiger partial charge in [0.15, 0.2) is 5.96 Å². The third-order valence-corrected chi connectivity index (χ3v) is 4.77. The number of likely N-dealkylation sites (tertiary alicyclic amines) is 1. The molecule has 0 saturated carbocycles. The van der Waals surface area contributed by atoms with Crippen LogP contribution in [0.4, 0.5) is 0 Å². The molecular weight excluding hydrogens is 320 g/mol. The number of nitrogens with one attached hydrogen (secondary N) is 1. The number of carbonyl (C=O) groups excluding carboxylic acids is 1. The predicted octanol–water partition coefficient (Wildman–Crippen LogP) is 0.948. The van der Waals surface area contributed by atoms with Gasteiger partial charge in [0.05, 0.1) is 12.7 Å². The van der Waals surface area contributed by atoms with Gasteiger partial charge in [0.25, 0.3) is 0 Å². The van der Waals surface area contributed by atoms with Crippen LogP contribution in [0.5, 0.6) is 0 Å². The maximum Gasteiger partial charge on any atom is 0.243 e. The molecule has 1 amide bonds. The summed E-state index contributed by atoms with van der Waals surface area (Å²) in [5.41, 5.74) is 0. The first-order valence-corrected chi connectivity index (χ1v) is 9.53. The molecule has 0 spiro atoms. The van der Waals surface area contributed by atoms with Crippen molar-refractivity contribution in [3.05, 3.63) is 0 Å². The number of carbonyl (C=O) groups is 1. The van der Waals surface area contributed by atoms with Crippen molar-refractivity contribution in [2.75, 3.05) is 60.1 Å². The van der Waals surface area contributed by atoms with E-state index in [4.69, 9.17) is 9.47 Å². The Hall–Kier alpha value is -1.34. The van der Waals surface area contributed by atoms with E-state index in [0.29, 0.717) is 5.92 Å². The molecule has 2 atom stereocenters. The predicted molar refractivity (Wildman–Crippen MR) is 98.8 cm³/mol. The van der Waals surface area contributed by atoms with Crippen molar-refractivity contribution in [3.8, 4) is 0 Å². The highest BCUT2D eigenvalue weighted by molar-refractivity contribution is 5.85. The highest BCUT2D eigenvalue weighted by atomic mass is 16.5. The van der Waals surface area contributed by atoms with E-state index in [2.05, 4.69) is 15.2 Å². The number of likely N-dealkylation sites (N-methyl/N-ethyl adjacent to an activating group) is 1. The Bertz CT molecular complexity index is 436. The van der Waals surface area contributed by atoms with Crippen molar-refractivity contribution < 1.29 is 14.3 Å². The van der Waals surface area contributed by atoms with Crippen LogP contribution < -0.4 is 5.32 Å². The largest absolute Gasteiger partial charge is 0.381 e. The first kappa shape index (κ1) is 20.0. The third kappa shape index (κ3) is 6.82. The van der Waals surface area contributed by atoms with Crippen LogP contribution in [-0.2, 0) is 14.3 Å². The standard InChI is InChI=1S/C18H34N4O3/c1-4-24-14-15-8-9-22(13-15)18(20-12-17(23)21(2)3)19-11-16-7-5-6-10-25-16/h15-16H,4-14H2,1-3H3,(H,19,20). The second-order valence-electron chi connectivity index (χ2n) is 7.06. The Morgan fingerprint density at radius 1 is 1.36 bits per heavy atom. The second kappa shape index (κ2) is 10.6. The maximum atomic E-state index is 11.9. The number of nitrogens with zero attached hydrogens (tertiary/aromatic N) is 3. The molecule has 0 aromatic rings. The summed E-state index contributed by atoms with van der Waals surface area (Å²) in [6, 6.07) is 0. The van der Waals surface area contributed by atoms with Gasteiger partial charge in [-0.3, -0.25) is 4.79 Å². The van der Waals surface area contributed by atoms with Gasteiger partial charge >= 0.3 is 0 Å². The maximum absolute atomic E-state index is 11.9. The highest BCUT2D eigenvalue weighted by Gasteiger charge is 2.26. The molecule has 1 N–H and O–H groups in total. The van der Waals surface area contributed by atoms with E-state index in [-0.39, 0.29) is 18.6 Å². The average molecular weight is 354 g/mol. The summed E-state index contributed by atoms with van der Waals surface area (Å²) in [7, 11) is 3.52. The average Bonchev–Trinajstić information content (AvgIpc) is 3.09. The molecule has 0 aromatic carbocycles. The monoisotopic (exact) mass is 354 g/mol. The normalized spacial score (nSPS) is 24.4. The van der Waals surface area contributed by atoms with Gasteiger partial charge < -0.3 is 24.6 Å². The lowest BCUT2D eigenvalue weighted by Gasteiger charge is -2.27.